The molecular formula is C25H26F3N5S. The average Bonchev–Trinajstić information content (AvgIpc) is 3.29. The average molecular weight is 486 g/mol. The number of aromatic nitrogens is 4. The van der Waals surface area contributed by atoms with E-state index in [0.29, 0.717) is 12.1 Å². The van der Waals surface area contributed by atoms with E-state index in [1.165, 1.54) is 6.07 Å². The second-order valence-electron chi connectivity index (χ2n) is 7.99. The third kappa shape index (κ3) is 6.72. The largest absolute Gasteiger partial charge is 0.416 e. The molecule has 34 heavy (non-hydrogen) atoms. The summed E-state index contributed by atoms with van der Waals surface area (Å²) in [5.74, 6) is 0.915. The Morgan fingerprint density at radius 3 is 2.59 bits per heavy atom. The van der Waals surface area contributed by atoms with Crippen molar-refractivity contribution in [2.45, 2.75) is 49.8 Å². The highest BCUT2D eigenvalue weighted by atomic mass is 32.2. The van der Waals surface area contributed by atoms with Crippen molar-refractivity contribution in [2.24, 2.45) is 0 Å². The molecule has 0 amide bonds. The van der Waals surface area contributed by atoms with E-state index in [1.54, 1.807) is 18.0 Å². The second kappa shape index (κ2) is 11.4. The molecule has 0 spiro atoms. The summed E-state index contributed by atoms with van der Waals surface area (Å²) in [5.41, 5.74) is 1.68. The Hall–Kier alpha value is -3.07. The van der Waals surface area contributed by atoms with Gasteiger partial charge in [0.25, 0.3) is 0 Å². The van der Waals surface area contributed by atoms with Gasteiger partial charge in [-0.15, -0.1) is 16.9 Å². The number of nitrogens with zero attached hydrogens (tertiary/aromatic N) is 4. The molecule has 0 aliphatic carbocycles. The smallest absolute Gasteiger partial charge is 0.379 e. The fourth-order valence-electron chi connectivity index (χ4n) is 3.61. The van der Waals surface area contributed by atoms with E-state index in [0.717, 1.165) is 71.8 Å². The van der Waals surface area contributed by atoms with E-state index in [2.05, 4.69) is 20.6 Å². The molecule has 4 aromatic rings. The van der Waals surface area contributed by atoms with Crippen molar-refractivity contribution >= 4 is 28.4 Å². The molecule has 4 rings (SSSR count). The number of hydrogen-bond donors (Lipinski definition) is 1. The number of fused-ring (bicyclic) bond motifs is 1. The fraction of sp³-hybridized carbons (Fsp3) is 0.320. The Bertz CT molecular complexity index is 1190. The number of hydrogen-bond acceptors (Lipinski definition) is 5. The monoisotopic (exact) mass is 485 g/mol. The van der Waals surface area contributed by atoms with Crippen molar-refractivity contribution in [3.63, 3.8) is 0 Å². The Morgan fingerprint density at radius 2 is 1.76 bits per heavy atom. The highest BCUT2D eigenvalue weighted by Gasteiger charge is 2.30. The van der Waals surface area contributed by atoms with Gasteiger partial charge in [-0.2, -0.15) is 13.2 Å². The SMILES string of the molecule is FC(F)(F)c1ccc2c(SCCCCCCn3cc(CNc4ccccc4)nn3)ccnc2c1. The number of anilines is 1. The van der Waals surface area contributed by atoms with Crippen LogP contribution in [0.1, 0.15) is 36.9 Å². The van der Waals surface area contributed by atoms with Gasteiger partial charge >= 0.3 is 6.18 Å². The summed E-state index contributed by atoms with van der Waals surface area (Å²) < 4.78 is 40.7. The number of rotatable bonds is 11. The van der Waals surface area contributed by atoms with Crippen LogP contribution in [0.2, 0.25) is 0 Å². The van der Waals surface area contributed by atoms with Gasteiger partial charge < -0.3 is 5.32 Å². The molecule has 0 bridgehead atoms. The van der Waals surface area contributed by atoms with Crippen LogP contribution in [0, 0.1) is 0 Å². The maximum absolute atomic E-state index is 12.9. The molecule has 0 saturated carbocycles. The molecule has 2 heterocycles. The summed E-state index contributed by atoms with van der Waals surface area (Å²) in [6.45, 7) is 1.48. The van der Waals surface area contributed by atoms with E-state index in [9.17, 15) is 13.2 Å². The molecule has 9 heteroatoms. The maximum Gasteiger partial charge on any atom is 0.416 e. The second-order valence-corrected chi connectivity index (χ2v) is 9.13. The van der Waals surface area contributed by atoms with Crippen molar-refractivity contribution in [3.8, 4) is 0 Å². The van der Waals surface area contributed by atoms with Gasteiger partial charge in [-0.3, -0.25) is 9.67 Å². The lowest BCUT2D eigenvalue weighted by Gasteiger charge is -2.10. The number of pyridine rings is 1. The van der Waals surface area contributed by atoms with Crippen molar-refractivity contribution in [1.82, 2.24) is 20.0 Å². The summed E-state index contributed by atoms with van der Waals surface area (Å²) in [6, 6.07) is 15.6. The molecule has 0 fully saturated rings. The molecule has 1 N–H and O–H groups in total. The van der Waals surface area contributed by atoms with Crippen LogP contribution < -0.4 is 5.32 Å². The third-order valence-electron chi connectivity index (χ3n) is 5.40. The zero-order valence-electron chi connectivity index (χ0n) is 18.6. The normalized spacial score (nSPS) is 11.7. The molecule has 0 radical (unpaired) electrons. The number of para-hydroxylation sites is 1. The predicted molar refractivity (Wildman–Crippen MR) is 130 cm³/mol. The number of alkyl halides is 3. The molecule has 178 valence electrons. The number of benzene rings is 2. The Balaban J connectivity index is 1.15. The fourth-order valence-corrected chi connectivity index (χ4v) is 4.67. The van der Waals surface area contributed by atoms with Crippen LogP contribution in [-0.4, -0.2) is 25.7 Å². The van der Waals surface area contributed by atoms with E-state index >= 15 is 0 Å². The highest BCUT2D eigenvalue weighted by molar-refractivity contribution is 7.99. The summed E-state index contributed by atoms with van der Waals surface area (Å²) >= 11 is 1.67. The zero-order valence-corrected chi connectivity index (χ0v) is 19.4. The van der Waals surface area contributed by atoms with Gasteiger partial charge in [-0.1, -0.05) is 42.3 Å². The Kier molecular flexibility index (Phi) is 8.05. The van der Waals surface area contributed by atoms with Crippen LogP contribution in [0.4, 0.5) is 18.9 Å². The lowest BCUT2D eigenvalue weighted by atomic mass is 10.1. The molecule has 5 nitrogen and oxygen atoms in total. The Labute approximate surface area is 200 Å². The van der Waals surface area contributed by atoms with E-state index in [-0.39, 0.29) is 0 Å². The van der Waals surface area contributed by atoms with Crippen molar-refractivity contribution < 1.29 is 13.2 Å². The van der Waals surface area contributed by atoms with Gasteiger partial charge in [0.1, 0.15) is 5.69 Å². The third-order valence-corrected chi connectivity index (χ3v) is 6.56. The maximum atomic E-state index is 12.9. The molecule has 2 aromatic carbocycles. The van der Waals surface area contributed by atoms with Gasteiger partial charge in [0.15, 0.2) is 0 Å². The van der Waals surface area contributed by atoms with Gasteiger partial charge in [0.2, 0.25) is 0 Å². The topological polar surface area (TPSA) is 55.6 Å². The summed E-state index contributed by atoms with van der Waals surface area (Å²) in [5, 5.41) is 12.5. The minimum absolute atomic E-state index is 0.381. The van der Waals surface area contributed by atoms with Gasteiger partial charge in [-0.25, -0.2) is 0 Å². The van der Waals surface area contributed by atoms with Crippen LogP contribution in [0.5, 0.6) is 0 Å². The van der Waals surface area contributed by atoms with Crippen LogP contribution in [0.25, 0.3) is 10.9 Å². The number of nitrogens with one attached hydrogen (secondary N) is 1. The molecule has 0 saturated heterocycles. The zero-order chi connectivity index (χ0) is 23.8. The highest BCUT2D eigenvalue weighted by Crippen LogP contribution is 2.34. The minimum Gasteiger partial charge on any atom is -0.379 e. The van der Waals surface area contributed by atoms with Gasteiger partial charge in [0, 0.05) is 28.7 Å². The number of halogens is 3. The lowest BCUT2D eigenvalue weighted by molar-refractivity contribution is -0.137. The minimum atomic E-state index is -4.36. The van der Waals surface area contributed by atoms with Gasteiger partial charge in [0.05, 0.1) is 23.8 Å². The molecule has 0 aliphatic heterocycles. The number of thioether (sulfide) groups is 1. The van der Waals surface area contributed by atoms with Crippen LogP contribution >= 0.6 is 11.8 Å². The molecule has 2 aromatic heterocycles. The van der Waals surface area contributed by atoms with E-state index < -0.39 is 11.7 Å². The number of aryl methyl sites for hydroxylation is 1. The summed E-state index contributed by atoms with van der Waals surface area (Å²) in [6.07, 6.45) is 3.44. The van der Waals surface area contributed by atoms with Crippen molar-refractivity contribution in [3.05, 3.63) is 78.2 Å². The number of unbranched alkanes of at least 4 members (excludes halogenated alkanes) is 3. The molecule has 0 atom stereocenters. The quantitative estimate of drug-likeness (QED) is 0.187. The Morgan fingerprint density at radius 1 is 0.941 bits per heavy atom. The van der Waals surface area contributed by atoms with Crippen molar-refractivity contribution in [1.29, 1.82) is 0 Å². The van der Waals surface area contributed by atoms with Crippen LogP contribution in [0.3, 0.4) is 0 Å². The molecule has 0 unspecified atom stereocenters. The first kappa shape index (κ1) is 24.1. The summed E-state index contributed by atoms with van der Waals surface area (Å²) in [4.78, 5) is 5.08. The van der Waals surface area contributed by atoms with Gasteiger partial charge in [-0.05, 0) is 48.9 Å². The molecule has 0 aliphatic rings. The van der Waals surface area contributed by atoms with Crippen LogP contribution in [0.15, 0.2) is 71.9 Å². The van der Waals surface area contributed by atoms with E-state index in [1.807, 2.05) is 47.3 Å². The first-order chi connectivity index (χ1) is 16.5. The first-order valence-corrected chi connectivity index (χ1v) is 12.2. The standard InChI is InChI=1S/C25H26F3N5S/c26-25(27,28)19-10-11-22-23(16-19)29-13-12-24(22)34-15-7-2-1-6-14-33-18-21(31-32-33)17-30-20-8-4-3-5-9-20/h3-5,8-13,16,18,30H,1-2,6-7,14-15,17H2. The lowest BCUT2D eigenvalue weighted by Crippen LogP contribution is -2.04. The molecular weight excluding hydrogens is 459 g/mol. The van der Waals surface area contributed by atoms with E-state index in [4.69, 9.17) is 0 Å². The predicted octanol–water partition coefficient (Wildman–Crippen LogP) is 6.81. The van der Waals surface area contributed by atoms with Crippen molar-refractivity contribution in [2.75, 3.05) is 11.1 Å². The summed E-state index contributed by atoms with van der Waals surface area (Å²) in [7, 11) is 0. The first-order valence-electron chi connectivity index (χ1n) is 11.3. The van der Waals surface area contributed by atoms with Crippen LogP contribution in [-0.2, 0) is 19.3 Å².